The molecule has 1 aliphatic rings. The molecule has 1 aromatic heterocycles. The lowest BCUT2D eigenvalue weighted by Gasteiger charge is -2.30. The van der Waals surface area contributed by atoms with Crippen LogP contribution in [0.15, 0.2) is 59.1 Å². The van der Waals surface area contributed by atoms with E-state index < -0.39 is 11.7 Å². The molecule has 1 atom stereocenters. The number of hydrogen-bond donors (Lipinski definition) is 0. The molecule has 8 heteroatoms. The van der Waals surface area contributed by atoms with E-state index in [0.29, 0.717) is 30.1 Å². The zero-order chi connectivity index (χ0) is 21.1. The van der Waals surface area contributed by atoms with Crippen molar-refractivity contribution >= 4 is 5.78 Å². The van der Waals surface area contributed by atoms with Crippen molar-refractivity contribution in [2.24, 2.45) is 5.92 Å². The first kappa shape index (κ1) is 20.3. The number of Topliss-reactive ketones (excluding diaryl/α,β-unsaturated/α-hetero) is 1. The molecule has 1 aliphatic heterocycles. The number of carbonyl (C=O) groups excluding carboxylic acids is 1. The molecule has 156 valence electrons. The number of nitrogens with zero attached hydrogens (tertiary/aromatic N) is 3. The summed E-state index contributed by atoms with van der Waals surface area (Å²) < 4.78 is 43.4. The molecule has 5 nitrogen and oxygen atoms in total. The number of benzene rings is 2. The number of rotatable bonds is 5. The predicted molar refractivity (Wildman–Crippen MR) is 104 cm³/mol. The van der Waals surface area contributed by atoms with Crippen molar-refractivity contribution in [3.63, 3.8) is 0 Å². The third-order valence-electron chi connectivity index (χ3n) is 5.23. The van der Waals surface area contributed by atoms with Crippen LogP contribution in [-0.2, 0) is 12.7 Å². The molecule has 1 fully saturated rings. The normalized spacial score (nSPS) is 17.8. The van der Waals surface area contributed by atoms with Gasteiger partial charge in [-0.1, -0.05) is 47.6 Å². The van der Waals surface area contributed by atoms with Crippen LogP contribution in [0.4, 0.5) is 13.2 Å². The Labute approximate surface area is 171 Å². The Morgan fingerprint density at radius 2 is 1.83 bits per heavy atom. The van der Waals surface area contributed by atoms with E-state index in [4.69, 9.17) is 4.52 Å². The number of ketones is 1. The first-order valence-corrected chi connectivity index (χ1v) is 9.72. The molecule has 0 spiro atoms. The average molecular weight is 415 g/mol. The van der Waals surface area contributed by atoms with Gasteiger partial charge in [-0.15, -0.1) is 0 Å². The third kappa shape index (κ3) is 4.59. The lowest BCUT2D eigenvalue weighted by molar-refractivity contribution is -0.137. The number of aromatic nitrogens is 2. The van der Waals surface area contributed by atoms with Gasteiger partial charge in [-0.05, 0) is 31.5 Å². The Morgan fingerprint density at radius 1 is 1.10 bits per heavy atom. The first-order chi connectivity index (χ1) is 14.4. The molecule has 4 rings (SSSR count). The van der Waals surface area contributed by atoms with Crippen molar-refractivity contribution in [3.8, 4) is 11.4 Å². The molecule has 0 aliphatic carbocycles. The van der Waals surface area contributed by atoms with E-state index in [0.717, 1.165) is 31.5 Å². The highest BCUT2D eigenvalue weighted by Crippen LogP contribution is 2.30. The fourth-order valence-corrected chi connectivity index (χ4v) is 3.69. The van der Waals surface area contributed by atoms with Crippen molar-refractivity contribution < 1.29 is 22.5 Å². The summed E-state index contributed by atoms with van der Waals surface area (Å²) in [7, 11) is 0. The average Bonchev–Trinajstić information content (AvgIpc) is 3.22. The molecule has 0 bridgehead atoms. The predicted octanol–water partition coefficient (Wildman–Crippen LogP) is 4.85. The summed E-state index contributed by atoms with van der Waals surface area (Å²) in [4.78, 5) is 19.1. The van der Waals surface area contributed by atoms with E-state index in [1.165, 1.54) is 12.1 Å². The Hall–Kier alpha value is -3.00. The summed E-state index contributed by atoms with van der Waals surface area (Å²) in [5.41, 5.74) is 0.443. The van der Waals surface area contributed by atoms with Crippen molar-refractivity contribution in [1.82, 2.24) is 15.0 Å². The standard InChI is InChI=1S/C22H20F3N3O2/c23-22(24,25)18-10-8-16(9-11-18)21-26-19(30-27-21)14-28-12-4-7-17(13-28)20(29)15-5-2-1-3-6-15/h1-3,5-6,8-11,17H,4,7,12-14H2/t17-/m0/s1. The first-order valence-electron chi connectivity index (χ1n) is 9.72. The maximum atomic E-state index is 12.7. The van der Waals surface area contributed by atoms with Gasteiger partial charge < -0.3 is 4.52 Å². The van der Waals surface area contributed by atoms with E-state index in [1.807, 2.05) is 30.3 Å². The number of carbonyl (C=O) groups is 1. The van der Waals surface area contributed by atoms with Crippen LogP contribution < -0.4 is 0 Å². The summed E-state index contributed by atoms with van der Waals surface area (Å²) >= 11 is 0. The van der Waals surface area contributed by atoms with Crippen molar-refractivity contribution in [2.45, 2.75) is 25.6 Å². The maximum absolute atomic E-state index is 12.7. The van der Waals surface area contributed by atoms with Crippen molar-refractivity contribution in [3.05, 3.63) is 71.6 Å². The smallest absolute Gasteiger partial charge is 0.338 e. The molecule has 0 unspecified atom stereocenters. The van der Waals surface area contributed by atoms with Crippen LogP contribution in [0, 0.1) is 5.92 Å². The van der Waals surface area contributed by atoms with Crippen LogP contribution in [0.3, 0.4) is 0 Å². The minimum atomic E-state index is -4.39. The van der Waals surface area contributed by atoms with Crippen LogP contribution in [-0.4, -0.2) is 33.9 Å². The summed E-state index contributed by atoms with van der Waals surface area (Å²) in [6, 6.07) is 13.9. The molecule has 0 amide bonds. The number of likely N-dealkylation sites (tertiary alicyclic amines) is 1. The monoisotopic (exact) mass is 415 g/mol. The van der Waals surface area contributed by atoms with Gasteiger partial charge >= 0.3 is 6.18 Å². The molecular weight excluding hydrogens is 395 g/mol. The molecule has 2 aromatic carbocycles. The van der Waals surface area contributed by atoms with Crippen molar-refractivity contribution in [2.75, 3.05) is 13.1 Å². The van der Waals surface area contributed by atoms with Gasteiger partial charge in [0.1, 0.15) is 0 Å². The van der Waals surface area contributed by atoms with Gasteiger partial charge in [-0.3, -0.25) is 9.69 Å². The van der Waals surface area contributed by atoms with Crippen LogP contribution in [0.5, 0.6) is 0 Å². The topological polar surface area (TPSA) is 59.2 Å². The number of piperidine rings is 1. The largest absolute Gasteiger partial charge is 0.416 e. The highest BCUT2D eigenvalue weighted by molar-refractivity contribution is 5.98. The second kappa shape index (κ2) is 8.39. The number of alkyl halides is 3. The molecule has 2 heterocycles. The maximum Gasteiger partial charge on any atom is 0.416 e. The molecule has 30 heavy (non-hydrogen) atoms. The van der Waals surface area contributed by atoms with Gasteiger partial charge in [0.05, 0.1) is 12.1 Å². The van der Waals surface area contributed by atoms with E-state index in [2.05, 4.69) is 15.0 Å². The van der Waals surface area contributed by atoms with Crippen LogP contribution in [0.2, 0.25) is 0 Å². The summed E-state index contributed by atoms with van der Waals surface area (Å²) in [5, 5.41) is 3.88. The van der Waals surface area contributed by atoms with E-state index >= 15 is 0 Å². The molecule has 0 N–H and O–H groups in total. The number of halogens is 3. The minimum absolute atomic E-state index is 0.0848. The Kier molecular flexibility index (Phi) is 5.67. The fraction of sp³-hybridized carbons (Fsp3) is 0.318. The number of hydrogen-bond acceptors (Lipinski definition) is 5. The quantitative estimate of drug-likeness (QED) is 0.558. The summed E-state index contributed by atoms with van der Waals surface area (Å²) in [5.74, 6) is 0.667. The SMILES string of the molecule is O=C(c1ccccc1)[C@H]1CCCN(Cc2nc(-c3ccc(C(F)(F)F)cc3)no2)C1. The molecular formula is C22H20F3N3O2. The summed E-state index contributed by atoms with van der Waals surface area (Å²) in [6.07, 6.45) is -2.66. The summed E-state index contributed by atoms with van der Waals surface area (Å²) in [6.45, 7) is 1.81. The van der Waals surface area contributed by atoms with Crippen LogP contribution in [0.25, 0.3) is 11.4 Å². The Morgan fingerprint density at radius 3 is 2.53 bits per heavy atom. The van der Waals surface area contributed by atoms with Gasteiger partial charge in [0.15, 0.2) is 5.78 Å². The third-order valence-corrected chi connectivity index (χ3v) is 5.23. The van der Waals surface area contributed by atoms with Crippen molar-refractivity contribution in [1.29, 1.82) is 0 Å². The van der Waals surface area contributed by atoms with Gasteiger partial charge in [0.2, 0.25) is 11.7 Å². The van der Waals surface area contributed by atoms with Gasteiger partial charge in [0.25, 0.3) is 0 Å². The fourth-order valence-electron chi connectivity index (χ4n) is 3.69. The van der Waals surface area contributed by atoms with E-state index in [1.54, 1.807) is 0 Å². The second-order valence-corrected chi connectivity index (χ2v) is 7.39. The highest BCUT2D eigenvalue weighted by Gasteiger charge is 2.30. The molecule has 0 saturated carbocycles. The highest BCUT2D eigenvalue weighted by atomic mass is 19.4. The molecule has 0 radical (unpaired) electrons. The van der Waals surface area contributed by atoms with Gasteiger partial charge in [-0.25, -0.2) is 0 Å². The lowest BCUT2D eigenvalue weighted by Crippen LogP contribution is -2.38. The lowest BCUT2D eigenvalue weighted by atomic mass is 9.90. The van der Waals surface area contributed by atoms with Gasteiger partial charge in [-0.2, -0.15) is 18.2 Å². The minimum Gasteiger partial charge on any atom is -0.338 e. The van der Waals surface area contributed by atoms with Crippen LogP contribution in [0.1, 0.15) is 34.7 Å². The van der Waals surface area contributed by atoms with E-state index in [9.17, 15) is 18.0 Å². The second-order valence-electron chi connectivity index (χ2n) is 7.39. The van der Waals surface area contributed by atoms with E-state index in [-0.39, 0.29) is 17.5 Å². The Bertz CT molecular complexity index is 1000. The Balaban J connectivity index is 1.40. The molecule has 3 aromatic rings. The van der Waals surface area contributed by atoms with Crippen LogP contribution >= 0.6 is 0 Å². The zero-order valence-electron chi connectivity index (χ0n) is 16.1. The van der Waals surface area contributed by atoms with Gasteiger partial charge in [0, 0.05) is 23.6 Å². The molecule has 1 saturated heterocycles. The zero-order valence-corrected chi connectivity index (χ0v) is 16.1.